The molecule has 1 N–H and O–H groups in total. The number of rotatable bonds is 6. The van der Waals surface area contributed by atoms with Crippen molar-refractivity contribution in [1.29, 1.82) is 0 Å². The molecule has 0 saturated carbocycles. The molecule has 0 aromatic heterocycles. The van der Waals surface area contributed by atoms with Crippen molar-refractivity contribution < 1.29 is 9.84 Å². The fourth-order valence-electron chi connectivity index (χ4n) is 0.982. The van der Waals surface area contributed by atoms with Crippen LogP contribution in [-0.2, 0) is 4.74 Å². The van der Waals surface area contributed by atoms with Crippen molar-refractivity contribution in [1.82, 2.24) is 0 Å². The van der Waals surface area contributed by atoms with Crippen LogP contribution in [0.2, 0.25) is 0 Å². The SMILES string of the molecule is CCOC(CO)CCC(C)C. The van der Waals surface area contributed by atoms with E-state index in [-0.39, 0.29) is 12.7 Å². The van der Waals surface area contributed by atoms with Crippen molar-refractivity contribution in [2.75, 3.05) is 13.2 Å². The lowest BCUT2D eigenvalue weighted by atomic mass is 10.1. The molecule has 0 saturated heterocycles. The third-order valence-corrected chi connectivity index (χ3v) is 1.67. The molecule has 0 aliphatic carbocycles. The average molecular weight is 160 g/mol. The van der Waals surface area contributed by atoms with Crippen LogP contribution >= 0.6 is 0 Å². The molecule has 11 heavy (non-hydrogen) atoms. The Labute approximate surface area is 69.6 Å². The predicted molar refractivity (Wildman–Crippen MR) is 46.6 cm³/mol. The van der Waals surface area contributed by atoms with E-state index in [1.807, 2.05) is 6.92 Å². The molecule has 0 amide bonds. The first-order valence-electron chi connectivity index (χ1n) is 4.43. The van der Waals surface area contributed by atoms with Crippen LogP contribution in [0.1, 0.15) is 33.6 Å². The van der Waals surface area contributed by atoms with Crippen molar-refractivity contribution in [3.05, 3.63) is 0 Å². The van der Waals surface area contributed by atoms with E-state index >= 15 is 0 Å². The Morgan fingerprint density at radius 3 is 2.27 bits per heavy atom. The minimum absolute atomic E-state index is 0.0578. The zero-order valence-electron chi connectivity index (χ0n) is 7.84. The monoisotopic (exact) mass is 160 g/mol. The van der Waals surface area contributed by atoms with Gasteiger partial charge in [-0.1, -0.05) is 13.8 Å². The van der Waals surface area contributed by atoms with Gasteiger partial charge in [-0.3, -0.25) is 0 Å². The quantitative estimate of drug-likeness (QED) is 0.642. The molecule has 0 spiro atoms. The smallest absolute Gasteiger partial charge is 0.0805 e. The van der Waals surface area contributed by atoms with Crippen LogP contribution in [0.3, 0.4) is 0 Å². The Bertz CT molecular complexity index is 81.6. The zero-order valence-corrected chi connectivity index (χ0v) is 7.84. The summed E-state index contributed by atoms with van der Waals surface area (Å²) in [5, 5.41) is 8.85. The summed E-state index contributed by atoms with van der Waals surface area (Å²) in [6.45, 7) is 7.17. The van der Waals surface area contributed by atoms with Crippen LogP contribution in [0.4, 0.5) is 0 Å². The van der Waals surface area contributed by atoms with Gasteiger partial charge in [-0.25, -0.2) is 0 Å². The molecule has 1 unspecified atom stereocenters. The van der Waals surface area contributed by atoms with Crippen molar-refractivity contribution in [3.63, 3.8) is 0 Å². The van der Waals surface area contributed by atoms with Crippen LogP contribution in [0.5, 0.6) is 0 Å². The predicted octanol–water partition coefficient (Wildman–Crippen LogP) is 1.82. The molecule has 0 fully saturated rings. The van der Waals surface area contributed by atoms with Gasteiger partial charge < -0.3 is 9.84 Å². The highest BCUT2D eigenvalue weighted by Gasteiger charge is 2.06. The summed E-state index contributed by atoms with van der Waals surface area (Å²) in [6.07, 6.45) is 2.16. The topological polar surface area (TPSA) is 29.5 Å². The fourth-order valence-corrected chi connectivity index (χ4v) is 0.982. The molecule has 0 aliphatic rings. The van der Waals surface area contributed by atoms with Gasteiger partial charge in [-0.05, 0) is 25.7 Å². The van der Waals surface area contributed by atoms with Crippen LogP contribution in [0, 0.1) is 5.92 Å². The maximum Gasteiger partial charge on any atom is 0.0805 e. The van der Waals surface area contributed by atoms with E-state index in [1.54, 1.807) is 0 Å². The van der Waals surface area contributed by atoms with Crippen molar-refractivity contribution in [2.24, 2.45) is 5.92 Å². The second-order valence-corrected chi connectivity index (χ2v) is 3.23. The first-order valence-corrected chi connectivity index (χ1v) is 4.43. The molecule has 2 heteroatoms. The van der Waals surface area contributed by atoms with E-state index in [0.717, 1.165) is 12.8 Å². The van der Waals surface area contributed by atoms with Gasteiger partial charge in [0.2, 0.25) is 0 Å². The molecule has 0 bridgehead atoms. The summed E-state index contributed by atoms with van der Waals surface area (Å²) in [5.74, 6) is 0.699. The lowest BCUT2D eigenvalue weighted by molar-refractivity contribution is 0.0121. The lowest BCUT2D eigenvalue weighted by Gasteiger charge is -2.14. The van der Waals surface area contributed by atoms with Gasteiger partial charge in [-0.2, -0.15) is 0 Å². The Morgan fingerprint density at radius 1 is 1.27 bits per heavy atom. The highest BCUT2D eigenvalue weighted by molar-refractivity contribution is 4.57. The van der Waals surface area contributed by atoms with Crippen LogP contribution in [-0.4, -0.2) is 24.4 Å². The first-order chi connectivity index (χ1) is 5.20. The third kappa shape index (κ3) is 6.32. The highest BCUT2D eigenvalue weighted by atomic mass is 16.5. The highest BCUT2D eigenvalue weighted by Crippen LogP contribution is 2.08. The van der Waals surface area contributed by atoms with Gasteiger partial charge in [-0.15, -0.1) is 0 Å². The molecule has 0 radical (unpaired) electrons. The number of aliphatic hydroxyl groups is 1. The van der Waals surface area contributed by atoms with Crippen molar-refractivity contribution in [2.45, 2.75) is 39.7 Å². The van der Waals surface area contributed by atoms with Gasteiger partial charge >= 0.3 is 0 Å². The molecule has 0 aromatic carbocycles. The van der Waals surface area contributed by atoms with Crippen molar-refractivity contribution in [3.8, 4) is 0 Å². The minimum Gasteiger partial charge on any atom is -0.394 e. The normalized spacial score (nSPS) is 13.9. The Hall–Kier alpha value is -0.0800. The summed E-state index contributed by atoms with van der Waals surface area (Å²) >= 11 is 0. The van der Waals surface area contributed by atoms with E-state index < -0.39 is 0 Å². The van der Waals surface area contributed by atoms with Gasteiger partial charge in [0.25, 0.3) is 0 Å². The standard InChI is InChI=1S/C9H20O2/c1-4-11-9(7-10)6-5-8(2)3/h8-10H,4-7H2,1-3H3. The second-order valence-electron chi connectivity index (χ2n) is 3.23. The zero-order chi connectivity index (χ0) is 8.69. The molecule has 2 nitrogen and oxygen atoms in total. The maximum absolute atomic E-state index is 8.85. The first kappa shape index (κ1) is 10.9. The maximum atomic E-state index is 8.85. The number of hydrogen-bond donors (Lipinski definition) is 1. The largest absolute Gasteiger partial charge is 0.394 e. The lowest BCUT2D eigenvalue weighted by Crippen LogP contribution is -2.18. The average Bonchev–Trinajstić information content (AvgIpc) is 1.97. The van der Waals surface area contributed by atoms with Crippen molar-refractivity contribution >= 4 is 0 Å². The fraction of sp³-hybridized carbons (Fsp3) is 1.00. The third-order valence-electron chi connectivity index (χ3n) is 1.67. The van der Waals surface area contributed by atoms with Gasteiger partial charge in [0.1, 0.15) is 0 Å². The Morgan fingerprint density at radius 2 is 1.91 bits per heavy atom. The molecule has 0 aliphatic heterocycles. The second kappa shape index (κ2) is 6.62. The van der Waals surface area contributed by atoms with E-state index in [0.29, 0.717) is 12.5 Å². The van der Waals surface area contributed by atoms with Crippen LogP contribution in [0.15, 0.2) is 0 Å². The van der Waals surface area contributed by atoms with E-state index in [2.05, 4.69) is 13.8 Å². The number of ether oxygens (including phenoxy) is 1. The molecule has 1 atom stereocenters. The summed E-state index contributed by atoms with van der Waals surface area (Å²) in [4.78, 5) is 0. The minimum atomic E-state index is 0.0578. The molecule has 68 valence electrons. The summed E-state index contributed by atoms with van der Waals surface area (Å²) in [6, 6.07) is 0. The van der Waals surface area contributed by atoms with Crippen LogP contribution in [0.25, 0.3) is 0 Å². The summed E-state index contributed by atoms with van der Waals surface area (Å²) in [5.41, 5.74) is 0. The van der Waals surface area contributed by atoms with E-state index in [4.69, 9.17) is 9.84 Å². The van der Waals surface area contributed by atoms with Gasteiger partial charge in [0.15, 0.2) is 0 Å². The molecular formula is C9H20O2. The Kier molecular flexibility index (Phi) is 6.57. The van der Waals surface area contributed by atoms with Gasteiger partial charge in [0.05, 0.1) is 12.7 Å². The van der Waals surface area contributed by atoms with E-state index in [1.165, 1.54) is 0 Å². The van der Waals surface area contributed by atoms with Crippen LogP contribution < -0.4 is 0 Å². The summed E-state index contributed by atoms with van der Waals surface area (Å²) < 4.78 is 5.29. The molecule has 0 aromatic rings. The van der Waals surface area contributed by atoms with E-state index in [9.17, 15) is 0 Å². The molecule has 0 heterocycles. The van der Waals surface area contributed by atoms with Gasteiger partial charge in [0, 0.05) is 6.61 Å². The number of aliphatic hydroxyl groups excluding tert-OH is 1. The molecule has 0 rings (SSSR count). The Balaban J connectivity index is 3.35. The number of hydrogen-bond acceptors (Lipinski definition) is 2. The molecular weight excluding hydrogens is 140 g/mol. The summed E-state index contributed by atoms with van der Waals surface area (Å²) in [7, 11) is 0.